The number of hydrogen-bond donors (Lipinski definition) is 3. The minimum Gasteiger partial charge on any atom is -0.466 e. The third-order valence-electron chi connectivity index (χ3n) is 13.9. The van der Waals surface area contributed by atoms with Crippen LogP contribution in [0.5, 0.6) is 0 Å². The van der Waals surface area contributed by atoms with Gasteiger partial charge in [-0.1, -0.05) is 59.8 Å². The lowest BCUT2D eigenvalue weighted by molar-refractivity contribution is -0.225. The Kier molecular flexibility index (Phi) is 16.3. The number of nitrogens with two attached hydrogens (primary N) is 3. The summed E-state index contributed by atoms with van der Waals surface area (Å²) >= 11 is 0. The summed E-state index contributed by atoms with van der Waals surface area (Å²) in [7, 11) is 0. The summed E-state index contributed by atoms with van der Waals surface area (Å²) < 4.78 is 24.3. The molecule has 0 saturated heterocycles. The molecular weight excluding hydrogens is 662 g/mol. The number of ether oxygens (including phenoxy) is 4. The van der Waals surface area contributed by atoms with Crippen LogP contribution in [0.3, 0.4) is 0 Å². The molecule has 0 aromatic rings. The van der Waals surface area contributed by atoms with Crippen molar-refractivity contribution in [2.24, 2.45) is 63.5 Å². The van der Waals surface area contributed by atoms with E-state index in [4.69, 9.17) is 36.1 Å². The predicted molar refractivity (Wildman–Crippen MR) is 199 cm³/mol. The largest absolute Gasteiger partial charge is 0.466 e. The third-order valence-corrected chi connectivity index (χ3v) is 13.9. The van der Waals surface area contributed by atoms with E-state index >= 15 is 0 Å². The van der Waals surface area contributed by atoms with Crippen molar-refractivity contribution in [2.75, 3.05) is 26.2 Å². The molecule has 0 bridgehead atoms. The van der Waals surface area contributed by atoms with Gasteiger partial charge in [-0.15, -0.1) is 0 Å². The van der Waals surface area contributed by atoms with Crippen LogP contribution in [0.1, 0.15) is 143 Å². The smallest absolute Gasteiger partial charge is 0.307 e. The highest BCUT2D eigenvalue weighted by Crippen LogP contribution is 2.69. The summed E-state index contributed by atoms with van der Waals surface area (Å²) in [5.74, 6) is -0.00360. The summed E-state index contributed by atoms with van der Waals surface area (Å²) in [6.07, 6.45) is 13.2. The predicted octanol–water partition coefficient (Wildman–Crippen LogP) is 5.97. The quantitative estimate of drug-likeness (QED) is 0.0762. The van der Waals surface area contributed by atoms with Crippen LogP contribution in [-0.4, -0.2) is 68.4 Å². The van der Waals surface area contributed by atoms with Gasteiger partial charge in [0.25, 0.3) is 0 Å². The molecule has 0 amide bonds. The van der Waals surface area contributed by atoms with Crippen molar-refractivity contribution < 1.29 is 38.1 Å². The van der Waals surface area contributed by atoms with Crippen molar-refractivity contribution in [2.45, 2.75) is 162 Å². The first kappa shape index (κ1) is 42.5. The molecule has 11 heteroatoms. The fourth-order valence-electron chi connectivity index (χ4n) is 11.2. The van der Waals surface area contributed by atoms with Gasteiger partial charge in [-0.3, -0.25) is 19.2 Å². The standard InChI is InChI=1S/C41H71N3O8/c1-5-6-7-8-9-10-23-49-35(45)14-11-27(2)30-12-13-31-39-32(26-34(41(30,31)4)52-38(48)18-22-44)40(3)19-15-29(50-36(46)16-20-42)24-28(40)25-33(39)51-37(47)17-21-43/h27-34,39H,5-26,42-44H2,1-4H3/t27-,28+,29-,30-,31+,32?,33-,34+,39+,40+,41-/m1/s1. The number of fused-ring (bicyclic) bond motifs is 5. The average molecular weight is 734 g/mol. The Bertz CT molecular complexity index is 1180. The molecule has 0 radical (unpaired) electrons. The first-order valence-corrected chi connectivity index (χ1v) is 20.8. The van der Waals surface area contributed by atoms with Crippen LogP contribution >= 0.6 is 0 Å². The Balaban J connectivity index is 1.56. The molecule has 4 rings (SSSR count). The first-order valence-electron chi connectivity index (χ1n) is 20.8. The van der Waals surface area contributed by atoms with Crippen molar-refractivity contribution in [3.05, 3.63) is 0 Å². The average Bonchev–Trinajstić information content (AvgIpc) is 3.46. The van der Waals surface area contributed by atoms with E-state index < -0.39 is 0 Å². The summed E-state index contributed by atoms with van der Waals surface area (Å²) in [4.78, 5) is 51.6. The van der Waals surface area contributed by atoms with Gasteiger partial charge in [0, 0.05) is 37.4 Å². The molecule has 11 atom stereocenters. The lowest BCUT2D eigenvalue weighted by Gasteiger charge is -2.64. The van der Waals surface area contributed by atoms with Gasteiger partial charge < -0.3 is 36.1 Å². The molecule has 4 aliphatic carbocycles. The SMILES string of the molecule is CCCCCCCCOC(=O)CC[C@@H](C)[C@H]1CC[C@H]2[C@H]3C(C[C@H](OC(=O)CCN)[C@]12C)[C@@]1(C)CC[C@@H](OC(=O)CCN)C[C@H]1C[C@H]3OC(=O)CCN. The second-order valence-corrected chi connectivity index (χ2v) is 17.0. The van der Waals surface area contributed by atoms with E-state index in [-0.39, 0.29) is 127 Å². The normalized spacial score (nSPS) is 34.3. The van der Waals surface area contributed by atoms with E-state index in [1.54, 1.807) is 0 Å². The minimum atomic E-state index is -0.371. The van der Waals surface area contributed by atoms with Gasteiger partial charge in [0.2, 0.25) is 0 Å². The van der Waals surface area contributed by atoms with Crippen molar-refractivity contribution in [1.82, 2.24) is 0 Å². The zero-order chi connectivity index (χ0) is 37.9. The van der Waals surface area contributed by atoms with Crippen LogP contribution in [0.4, 0.5) is 0 Å². The third kappa shape index (κ3) is 10.1. The molecule has 4 saturated carbocycles. The fourth-order valence-corrected chi connectivity index (χ4v) is 11.2. The highest BCUT2D eigenvalue weighted by Gasteiger charge is 2.67. The van der Waals surface area contributed by atoms with Crippen molar-refractivity contribution in [3.8, 4) is 0 Å². The fraction of sp³-hybridized carbons (Fsp3) is 0.902. The molecule has 0 spiro atoms. The highest BCUT2D eigenvalue weighted by atomic mass is 16.6. The molecule has 4 fully saturated rings. The van der Waals surface area contributed by atoms with E-state index in [9.17, 15) is 19.2 Å². The van der Waals surface area contributed by atoms with Gasteiger partial charge >= 0.3 is 23.9 Å². The maximum atomic E-state index is 13.2. The van der Waals surface area contributed by atoms with Gasteiger partial charge in [-0.25, -0.2) is 0 Å². The van der Waals surface area contributed by atoms with Gasteiger partial charge in [-0.05, 0) is 92.8 Å². The Hall–Kier alpha value is -2.24. The number of rotatable bonds is 20. The number of carbonyl (C=O) groups is 4. The van der Waals surface area contributed by atoms with Crippen molar-refractivity contribution in [1.29, 1.82) is 0 Å². The maximum absolute atomic E-state index is 13.2. The van der Waals surface area contributed by atoms with Gasteiger partial charge in [0.15, 0.2) is 0 Å². The summed E-state index contributed by atoms with van der Waals surface area (Å²) in [5, 5.41) is 0. The van der Waals surface area contributed by atoms with Gasteiger partial charge in [-0.2, -0.15) is 0 Å². The first-order chi connectivity index (χ1) is 24.9. The van der Waals surface area contributed by atoms with E-state index in [0.717, 1.165) is 38.5 Å². The molecular formula is C41H71N3O8. The molecule has 0 aliphatic heterocycles. The Labute approximate surface area is 312 Å². The second kappa shape index (κ2) is 19.9. The Morgan fingerprint density at radius 2 is 1.35 bits per heavy atom. The molecule has 11 nitrogen and oxygen atoms in total. The Morgan fingerprint density at radius 1 is 0.712 bits per heavy atom. The van der Waals surface area contributed by atoms with Crippen LogP contribution in [0.15, 0.2) is 0 Å². The van der Waals surface area contributed by atoms with Crippen molar-refractivity contribution in [3.63, 3.8) is 0 Å². The van der Waals surface area contributed by atoms with Crippen LogP contribution in [0.25, 0.3) is 0 Å². The molecule has 0 aromatic heterocycles. The monoisotopic (exact) mass is 734 g/mol. The lowest BCUT2D eigenvalue weighted by Crippen LogP contribution is -2.63. The molecule has 0 aromatic carbocycles. The van der Waals surface area contributed by atoms with E-state index in [0.29, 0.717) is 38.7 Å². The topological polar surface area (TPSA) is 183 Å². The van der Waals surface area contributed by atoms with Crippen LogP contribution in [0.2, 0.25) is 0 Å². The van der Waals surface area contributed by atoms with E-state index in [1.165, 1.54) is 25.7 Å². The molecule has 1 unspecified atom stereocenters. The number of hydrogen-bond acceptors (Lipinski definition) is 11. The lowest BCUT2D eigenvalue weighted by atomic mass is 9.43. The number of esters is 4. The molecule has 298 valence electrons. The summed E-state index contributed by atoms with van der Waals surface area (Å²) in [6, 6.07) is 0. The molecule has 0 heterocycles. The minimum absolute atomic E-state index is 0.0910. The maximum Gasteiger partial charge on any atom is 0.307 e. The number of unbranched alkanes of at least 4 members (excludes halogenated alkanes) is 5. The van der Waals surface area contributed by atoms with E-state index in [1.807, 2.05) is 0 Å². The zero-order valence-electron chi connectivity index (χ0n) is 32.8. The number of carbonyl (C=O) groups excluding carboxylic acids is 4. The van der Waals surface area contributed by atoms with E-state index in [2.05, 4.69) is 27.7 Å². The zero-order valence-corrected chi connectivity index (χ0v) is 32.8. The molecule has 52 heavy (non-hydrogen) atoms. The van der Waals surface area contributed by atoms with Crippen LogP contribution in [0, 0.1) is 46.3 Å². The summed E-state index contributed by atoms with van der Waals surface area (Å²) in [6.45, 7) is 10.3. The van der Waals surface area contributed by atoms with Crippen LogP contribution in [-0.2, 0) is 38.1 Å². The van der Waals surface area contributed by atoms with Crippen LogP contribution < -0.4 is 17.2 Å². The van der Waals surface area contributed by atoms with Crippen molar-refractivity contribution >= 4 is 23.9 Å². The summed E-state index contributed by atoms with van der Waals surface area (Å²) in [5.41, 5.74) is 16.7. The molecule has 6 N–H and O–H groups in total. The highest BCUT2D eigenvalue weighted by molar-refractivity contribution is 5.71. The Morgan fingerprint density at radius 3 is 2.02 bits per heavy atom. The van der Waals surface area contributed by atoms with Gasteiger partial charge in [0.05, 0.1) is 25.9 Å². The molecule has 4 aliphatic rings. The van der Waals surface area contributed by atoms with Gasteiger partial charge in [0.1, 0.15) is 18.3 Å². The second-order valence-electron chi connectivity index (χ2n) is 17.0.